The van der Waals surface area contributed by atoms with Gasteiger partial charge in [-0.15, -0.1) is 11.3 Å². The van der Waals surface area contributed by atoms with Crippen molar-refractivity contribution < 1.29 is 13.2 Å². The highest BCUT2D eigenvalue weighted by Crippen LogP contribution is 2.37. The second-order valence-corrected chi connectivity index (χ2v) is 11.3. The van der Waals surface area contributed by atoms with Crippen LogP contribution >= 0.6 is 11.3 Å². The van der Waals surface area contributed by atoms with Gasteiger partial charge in [-0.25, -0.2) is 8.42 Å². The molecule has 1 N–H and O–H groups in total. The molecule has 2 aliphatic rings. The van der Waals surface area contributed by atoms with Crippen molar-refractivity contribution in [2.75, 3.05) is 18.4 Å². The van der Waals surface area contributed by atoms with E-state index >= 15 is 0 Å². The number of hydrogen-bond donors (Lipinski definition) is 1. The zero-order valence-corrected chi connectivity index (χ0v) is 18.9. The number of thiophene rings is 1. The summed E-state index contributed by atoms with van der Waals surface area (Å²) in [6, 6.07) is 15.4. The summed E-state index contributed by atoms with van der Waals surface area (Å²) in [6.07, 6.45) is 1.18. The average Bonchev–Trinajstić information content (AvgIpc) is 3.27. The SMILES string of the molecule is O=C(Cc1cccs1)Nc1ccc(S(=O)(=O)N2C[C@@H]3C[C@@H](C2)c2cccc(=O)n2C3)cc1. The first kappa shape index (κ1) is 21.1. The van der Waals surface area contributed by atoms with E-state index in [1.165, 1.54) is 15.6 Å². The van der Waals surface area contributed by atoms with Crippen molar-refractivity contribution in [3.05, 3.63) is 80.9 Å². The fraction of sp³-hybridized carbons (Fsp3) is 0.304. The summed E-state index contributed by atoms with van der Waals surface area (Å²) in [5.74, 6) is -0.00486. The third-order valence-corrected chi connectivity index (χ3v) is 8.86. The number of fused-ring (bicyclic) bond motifs is 4. The van der Waals surface area contributed by atoms with Gasteiger partial charge < -0.3 is 9.88 Å². The first-order valence-corrected chi connectivity index (χ1v) is 12.8. The van der Waals surface area contributed by atoms with Gasteiger partial charge in [0.1, 0.15) is 0 Å². The molecule has 2 aromatic heterocycles. The largest absolute Gasteiger partial charge is 0.326 e. The Hall–Kier alpha value is -2.75. The Labute approximate surface area is 190 Å². The Morgan fingerprint density at radius 2 is 1.84 bits per heavy atom. The van der Waals surface area contributed by atoms with Crippen molar-refractivity contribution in [1.82, 2.24) is 8.87 Å². The van der Waals surface area contributed by atoms with E-state index in [9.17, 15) is 18.0 Å². The van der Waals surface area contributed by atoms with Gasteiger partial charge in [0.05, 0.1) is 11.3 Å². The monoisotopic (exact) mass is 469 g/mol. The molecule has 166 valence electrons. The first-order valence-electron chi connectivity index (χ1n) is 10.5. The zero-order chi connectivity index (χ0) is 22.3. The fourth-order valence-electron chi connectivity index (χ4n) is 4.68. The zero-order valence-electron chi connectivity index (χ0n) is 17.3. The maximum Gasteiger partial charge on any atom is 0.250 e. The molecule has 0 saturated carbocycles. The smallest absolute Gasteiger partial charge is 0.250 e. The summed E-state index contributed by atoms with van der Waals surface area (Å²) < 4.78 is 30.0. The van der Waals surface area contributed by atoms with Crippen molar-refractivity contribution in [3.63, 3.8) is 0 Å². The second-order valence-electron chi connectivity index (χ2n) is 8.35. The van der Waals surface area contributed by atoms with E-state index in [0.717, 1.165) is 17.0 Å². The molecule has 2 bridgehead atoms. The van der Waals surface area contributed by atoms with E-state index in [-0.39, 0.29) is 28.2 Å². The van der Waals surface area contributed by atoms with Crippen LogP contribution in [-0.4, -0.2) is 36.3 Å². The predicted octanol–water partition coefficient (Wildman–Crippen LogP) is 2.90. The third-order valence-electron chi connectivity index (χ3n) is 6.14. The quantitative estimate of drug-likeness (QED) is 0.622. The number of hydrogen-bond acceptors (Lipinski definition) is 5. The number of rotatable bonds is 5. The molecule has 3 aromatic rings. The Kier molecular flexibility index (Phi) is 5.48. The molecule has 0 radical (unpaired) electrons. The molecule has 0 spiro atoms. The Bertz CT molecular complexity index is 1300. The van der Waals surface area contributed by atoms with Gasteiger partial charge in [-0.2, -0.15) is 4.31 Å². The molecule has 4 heterocycles. The molecule has 9 heteroatoms. The fourth-order valence-corrected chi connectivity index (χ4v) is 6.95. The summed E-state index contributed by atoms with van der Waals surface area (Å²) in [6.45, 7) is 1.31. The lowest BCUT2D eigenvalue weighted by Crippen LogP contribution is -2.48. The number of carbonyl (C=O) groups is 1. The van der Waals surface area contributed by atoms with Crippen LogP contribution in [0.2, 0.25) is 0 Å². The van der Waals surface area contributed by atoms with Crippen molar-refractivity contribution in [3.8, 4) is 0 Å². The average molecular weight is 470 g/mol. The molecule has 1 amide bonds. The molecular formula is C23H23N3O4S2. The molecule has 2 atom stereocenters. The van der Waals surface area contributed by atoms with Crippen LogP contribution in [-0.2, 0) is 27.8 Å². The predicted molar refractivity (Wildman–Crippen MR) is 123 cm³/mol. The van der Waals surface area contributed by atoms with Crippen molar-refractivity contribution >= 4 is 33.0 Å². The van der Waals surface area contributed by atoms with Crippen LogP contribution in [0.4, 0.5) is 5.69 Å². The minimum absolute atomic E-state index is 0.0157. The van der Waals surface area contributed by atoms with Crippen molar-refractivity contribution in [2.45, 2.75) is 30.2 Å². The van der Waals surface area contributed by atoms with E-state index in [1.54, 1.807) is 41.0 Å². The van der Waals surface area contributed by atoms with Crippen LogP contribution in [0.5, 0.6) is 0 Å². The number of pyridine rings is 1. The van der Waals surface area contributed by atoms with Gasteiger partial charge in [-0.05, 0) is 54.1 Å². The van der Waals surface area contributed by atoms with Crippen LogP contribution < -0.4 is 10.9 Å². The molecule has 5 rings (SSSR count). The number of aromatic nitrogens is 1. The lowest BCUT2D eigenvalue weighted by atomic mass is 9.84. The van der Waals surface area contributed by atoms with Crippen LogP contribution in [0, 0.1) is 5.92 Å². The lowest BCUT2D eigenvalue weighted by Gasteiger charge is -2.42. The summed E-state index contributed by atoms with van der Waals surface area (Å²) in [4.78, 5) is 25.6. The van der Waals surface area contributed by atoms with Gasteiger partial charge in [0, 0.05) is 47.9 Å². The molecule has 1 saturated heterocycles. The summed E-state index contributed by atoms with van der Waals surface area (Å²) in [7, 11) is -3.67. The number of sulfonamides is 1. The highest BCUT2D eigenvalue weighted by Gasteiger charge is 2.39. The molecule has 1 aromatic carbocycles. The maximum absolute atomic E-state index is 13.3. The normalized spacial score (nSPS) is 20.5. The maximum atomic E-state index is 13.3. The van der Waals surface area contributed by atoms with Crippen LogP contribution in [0.25, 0.3) is 0 Å². The van der Waals surface area contributed by atoms with E-state index in [0.29, 0.717) is 31.7 Å². The summed E-state index contributed by atoms with van der Waals surface area (Å²) >= 11 is 1.52. The number of nitrogens with one attached hydrogen (secondary N) is 1. The van der Waals surface area contributed by atoms with E-state index < -0.39 is 10.0 Å². The van der Waals surface area contributed by atoms with Gasteiger partial charge in [0.2, 0.25) is 15.9 Å². The Morgan fingerprint density at radius 3 is 2.59 bits per heavy atom. The standard InChI is InChI=1S/C23H23N3O4S2/c27-22(12-19-3-2-10-31-19)24-18-6-8-20(9-7-18)32(29,30)25-13-16-11-17(15-25)21-4-1-5-23(28)26(21)14-16/h1-10,16-17H,11-15H2,(H,24,27)/t16-,17-/m0/s1. The number of benzene rings is 1. The van der Waals surface area contributed by atoms with Crippen molar-refractivity contribution in [2.24, 2.45) is 5.92 Å². The Balaban J connectivity index is 1.31. The van der Waals surface area contributed by atoms with Crippen LogP contribution in [0.3, 0.4) is 0 Å². The van der Waals surface area contributed by atoms with Crippen LogP contribution in [0.15, 0.2) is 69.7 Å². The number of anilines is 1. The number of carbonyl (C=O) groups excluding carboxylic acids is 1. The van der Waals surface area contributed by atoms with E-state index in [1.807, 2.05) is 23.6 Å². The highest BCUT2D eigenvalue weighted by atomic mass is 32.2. The summed E-state index contributed by atoms with van der Waals surface area (Å²) in [5.41, 5.74) is 1.46. The van der Waals surface area contributed by atoms with Crippen molar-refractivity contribution in [1.29, 1.82) is 0 Å². The van der Waals surface area contributed by atoms with Gasteiger partial charge in [0.15, 0.2) is 0 Å². The number of amides is 1. The lowest BCUT2D eigenvalue weighted by molar-refractivity contribution is -0.115. The first-order chi connectivity index (χ1) is 15.4. The minimum Gasteiger partial charge on any atom is -0.326 e. The molecule has 32 heavy (non-hydrogen) atoms. The Morgan fingerprint density at radius 1 is 1.03 bits per heavy atom. The molecule has 7 nitrogen and oxygen atoms in total. The second kappa shape index (κ2) is 8.31. The van der Waals surface area contributed by atoms with Gasteiger partial charge in [-0.1, -0.05) is 12.1 Å². The molecule has 2 aliphatic heterocycles. The molecule has 0 unspecified atom stereocenters. The highest BCUT2D eigenvalue weighted by molar-refractivity contribution is 7.89. The van der Waals surface area contributed by atoms with E-state index in [2.05, 4.69) is 5.32 Å². The van der Waals surface area contributed by atoms with Gasteiger partial charge in [-0.3, -0.25) is 9.59 Å². The minimum atomic E-state index is -3.67. The molecule has 0 aliphatic carbocycles. The molecular weight excluding hydrogens is 446 g/mol. The third kappa shape index (κ3) is 4.03. The van der Waals surface area contributed by atoms with Crippen LogP contribution in [0.1, 0.15) is 22.9 Å². The van der Waals surface area contributed by atoms with Gasteiger partial charge in [0.25, 0.3) is 5.56 Å². The summed E-state index contributed by atoms with van der Waals surface area (Å²) in [5, 5.41) is 4.74. The topological polar surface area (TPSA) is 88.5 Å². The number of nitrogens with zero attached hydrogens (tertiary/aromatic N) is 2. The van der Waals surface area contributed by atoms with E-state index in [4.69, 9.17) is 0 Å². The van der Waals surface area contributed by atoms with Gasteiger partial charge >= 0.3 is 0 Å². The molecule has 1 fully saturated rings. The number of piperidine rings is 1.